The predicted molar refractivity (Wildman–Crippen MR) is 255 cm³/mol. The van der Waals surface area contributed by atoms with Crippen LogP contribution >= 0.6 is 0 Å². The Morgan fingerprint density at radius 1 is 0.588 bits per heavy atom. The van der Waals surface area contributed by atoms with E-state index in [1.807, 2.05) is 48.5 Å². The molecule has 0 aromatic carbocycles. The van der Waals surface area contributed by atoms with Gasteiger partial charge in [-0.2, -0.15) is 57.9 Å². The number of fused-ring (bicyclic) bond motifs is 1. The molecule has 2 bridgehead atoms. The van der Waals surface area contributed by atoms with Gasteiger partial charge in [-0.05, 0) is 124 Å². The van der Waals surface area contributed by atoms with Gasteiger partial charge in [-0.3, -0.25) is 28.8 Å². The number of carbonyl (C=O) groups is 7. The smallest absolute Gasteiger partial charge is 0.434 e. The zero-order valence-corrected chi connectivity index (χ0v) is 47.4. The van der Waals surface area contributed by atoms with Crippen LogP contribution in [0.15, 0.2) is 0 Å². The van der Waals surface area contributed by atoms with Crippen molar-refractivity contribution < 1.29 is 119 Å². The van der Waals surface area contributed by atoms with Crippen molar-refractivity contribution in [2.24, 2.45) is 50.2 Å². The number of rotatable bonds is 14. The van der Waals surface area contributed by atoms with Gasteiger partial charge < -0.3 is 33.2 Å². The first-order chi connectivity index (χ1) is 36.1. The summed E-state index contributed by atoms with van der Waals surface area (Å²) in [6.45, 7) is 25.3. The molecule has 3 aliphatic carbocycles. The lowest BCUT2D eigenvalue weighted by Crippen LogP contribution is -2.52. The lowest BCUT2D eigenvalue weighted by atomic mass is 9.72. The predicted octanol–water partition coefficient (Wildman–Crippen LogP) is 12.1. The number of carbonyl (C=O) groups excluding carboxylic acids is 7. The second kappa shape index (κ2) is 26.0. The van der Waals surface area contributed by atoms with E-state index in [2.05, 4.69) is 36.3 Å². The number of ether oxygens (including phenoxy) is 7. The van der Waals surface area contributed by atoms with Crippen LogP contribution in [0.25, 0.3) is 0 Å². The van der Waals surface area contributed by atoms with Crippen LogP contribution in [-0.4, -0.2) is 110 Å². The highest BCUT2D eigenvalue weighted by atomic mass is 19.4. The Bertz CT molecular complexity index is 2160. The second-order valence-corrected chi connectivity index (χ2v) is 23.9. The molecule has 0 aromatic heterocycles. The van der Waals surface area contributed by atoms with Gasteiger partial charge >= 0.3 is 66.5 Å². The number of esters is 7. The van der Waals surface area contributed by atoms with Crippen molar-refractivity contribution in [3.63, 3.8) is 0 Å². The zero-order valence-electron chi connectivity index (χ0n) is 47.4. The van der Waals surface area contributed by atoms with Gasteiger partial charge in [0.05, 0.1) is 28.9 Å². The first kappa shape index (κ1) is 71.0. The van der Waals surface area contributed by atoms with Gasteiger partial charge in [-0.15, -0.1) is 0 Å². The summed E-state index contributed by atoms with van der Waals surface area (Å²) in [5, 5.41) is 9.31. The quantitative estimate of drug-likeness (QED) is 0.0686. The molecule has 80 heavy (non-hydrogen) atoms. The maximum atomic E-state index is 12.4. The highest BCUT2D eigenvalue weighted by Crippen LogP contribution is 2.62. The molecule has 0 amide bonds. The molecule has 0 radical (unpaired) electrons. The Labute approximate surface area is 457 Å². The van der Waals surface area contributed by atoms with Crippen molar-refractivity contribution in [1.82, 2.24) is 0 Å². The van der Waals surface area contributed by atoms with Crippen LogP contribution in [0.3, 0.4) is 0 Å². The van der Waals surface area contributed by atoms with E-state index in [0.717, 1.165) is 31.6 Å². The topological polar surface area (TPSA) is 208 Å². The summed E-state index contributed by atoms with van der Waals surface area (Å²) >= 11 is 0. The van der Waals surface area contributed by atoms with Gasteiger partial charge in [0.2, 0.25) is 6.10 Å². The van der Waals surface area contributed by atoms with E-state index >= 15 is 0 Å². The normalized spacial score (nSPS) is 25.1. The molecule has 5 fully saturated rings. The van der Waals surface area contributed by atoms with Crippen LogP contribution in [0.2, 0.25) is 0 Å². The van der Waals surface area contributed by atoms with Gasteiger partial charge in [0, 0.05) is 18.3 Å². The summed E-state index contributed by atoms with van der Waals surface area (Å²) in [5.74, 6) is -6.07. The number of hydrogen-bond acceptors (Lipinski definition) is 15. The summed E-state index contributed by atoms with van der Waals surface area (Å²) in [4.78, 5) is 82.0. The summed E-state index contributed by atoms with van der Waals surface area (Å²) in [6, 6.07) is 2.15. The number of hydrogen-bond donors (Lipinski definition) is 0. The van der Waals surface area contributed by atoms with Gasteiger partial charge in [-0.25, -0.2) is 4.79 Å². The van der Waals surface area contributed by atoms with Gasteiger partial charge in [0.15, 0.2) is 10.8 Å². The van der Waals surface area contributed by atoms with E-state index in [4.69, 9.17) is 23.7 Å². The fourth-order valence-electron chi connectivity index (χ4n) is 8.72. The van der Waals surface area contributed by atoms with Crippen LogP contribution < -0.4 is 0 Å². The summed E-state index contributed by atoms with van der Waals surface area (Å²) in [5.41, 5.74) is -5.31. The molecule has 15 nitrogen and oxygen atoms in total. The largest absolute Gasteiger partial charge is 0.463 e. The van der Waals surface area contributed by atoms with Crippen LogP contribution in [0.1, 0.15) is 168 Å². The van der Waals surface area contributed by atoms with Crippen molar-refractivity contribution >= 4 is 41.8 Å². The van der Waals surface area contributed by atoms with Gasteiger partial charge in [0.25, 0.3) is 12.2 Å². The fraction of sp³-hybridized carbons (Fsp3) is 0.849. The number of halogens is 12. The molecule has 2 heterocycles. The van der Waals surface area contributed by atoms with Crippen molar-refractivity contribution in [3.8, 4) is 6.07 Å². The molecular formula is C53H75F12NO14. The second-order valence-electron chi connectivity index (χ2n) is 23.9. The highest BCUT2D eigenvalue weighted by Gasteiger charge is 2.72. The maximum Gasteiger partial charge on any atom is 0.434 e. The molecular weight excluding hydrogens is 1100 g/mol. The molecule has 6 unspecified atom stereocenters. The molecule has 0 N–H and O–H groups in total. The fourth-order valence-corrected chi connectivity index (χ4v) is 8.72. The zero-order chi connectivity index (χ0) is 62.4. The molecule has 2 saturated heterocycles. The average molecular weight is 1180 g/mol. The molecule has 0 spiro atoms. The Kier molecular flexibility index (Phi) is 23.1. The highest BCUT2D eigenvalue weighted by molar-refractivity contribution is 5.99. The lowest BCUT2D eigenvalue weighted by molar-refractivity contribution is -0.320. The average Bonchev–Trinajstić information content (AvgIpc) is 4.07. The van der Waals surface area contributed by atoms with E-state index in [0.29, 0.717) is 44.6 Å². The van der Waals surface area contributed by atoms with Crippen LogP contribution in [0.4, 0.5) is 52.7 Å². The van der Waals surface area contributed by atoms with E-state index in [9.17, 15) is 91.5 Å². The maximum absolute atomic E-state index is 12.4. The molecule has 27 heteroatoms. The SMILES string of the molecule is CCC(C)(C(=O)OC(C(F)(F)F)C(F)(F)F)C(=O)OC(C(F)(F)F)C(F)(F)F.CCC(C)(C)C(=O)OC1C2CC3C1OC(=O)C3(C#N)C2.CCC(C)(C)C(=O)OC1CCC(C(C)(C)C)CC1.CCC(C)(C)C(=O)OC1CCOC1=O. The minimum absolute atomic E-state index is 0.0239. The Balaban J connectivity index is 0.000000375. The molecule has 5 rings (SSSR count). The van der Waals surface area contributed by atoms with Crippen molar-refractivity contribution in [2.75, 3.05) is 6.61 Å². The van der Waals surface area contributed by atoms with Crippen LogP contribution in [-0.2, 0) is 66.7 Å². The van der Waals surface area contributed by atoms with Crippen molar-refractivity contribution in [2.45, 2.75) is 229 Å². The molecule has 460 valence electrons. The molecule has 2 aliphatic heterocycles. The molecule has 6 atom stereocenters. The third kappa shape index (κ3) is 17.5. The standard InChI is InChI=1S/C16H30O2.C15H19NO4.C12H10F12O4.C10H16O4/c1-7-16(5,6)14(17)18-13-10-8-12(9-11-13)15(2,3)4;1-4-14(2,3)12(17)19-10-8-5-9-11(10)20-13(18)15(9,6-8)7-16;1-3-8(2,6(25)27-4(9(13,14)15)10(16,17)18)7(26)28-5(11(19,20)21)12(22,23)24;1-4-10(2,3)9(12)14-7-5-6-13-8(7)11/h12-13H,7-11H2,1-6H3;8-11H,4-6H2,1-3H3;4-5H,3H2,1-2H3;7H,4-6H2,1-3H3. The summed E-state index contributed by atoms with van der Waals surface area (Å²) in [7, 11) is 0. The first-order valence-electron chi connectivity index (χ1n) is 26.2. The third-order valence-electron chi connectivity index (χ3n) is 15.9. The van der Waals surface area contributed by atoms with Crippen LogP contribution in [0.5, 0.6) is 0 Å². The summed E-state index contributed by atoms with van der Waals surface area (Å²) < 4.78 is 181. The summed E-state index contributed by atoms with van der Waals surface area (Å²) in [6.07, 6.45) is -28.6. The van der Waals surface area contributed by atoms with E-state index in [1.54, 1.807) is 13.8 Å². The third-order valence-corrected chi connectivity index (χ3v) is 15.9. The number of alkyl halides is 12. The monoisotopic (exact) mass is 1180 g/mol. The number of nitrogens with zero attached hydrogens (tertiary/aromatic N) is 1. The minimum atomic E-state index is -6.23. The number of cyclic esters (lactones) is 1. The van der Waals surface area contributed by atoms with Gasteiger partial charge in [-0.1, -0.05) is 48.5 Å². The van der Waals surface area contributed by atoms with E-state index in [-0.39, 0.29) is 54.3 Å². The van der Waals surface area contributed by atoms with E-state index in [1.165, 1.54) is 12.8 Å². The van der Waals surface area contributed by atoms with Crippen molar-refractivity contribution in [3.05, 3.63) is 0 Å². The Hall–Kier alpha value is -5.06. The molecule has 0 aromatic rings. The number of nitriles is 1. The van der Waals surface area contributed by atoms with Gasteiger partial charge in [0.1, 0.15) is 18.3 Å². The van der Waals surface area contributed by atoms with Crippen LogP contribution in [0, 0.1) is 61.6 Å². The molecule has 5 aliphatic rings. The minimum Gasteiger partial charge on any atom is -0.463 e. The Morgan fingerprint density at radius 2 is 0.988 bits per heavy atom. The molecule has 3 saturated carbocycles. The Morgan fingerprint density at radius 3 is 1.32 bits per heavy atom. The lowest BCUT2D eigenvalue weighted by Gasteiger charge is -2.37. The van der Waals surface area contributed by atoms with E-state index < -0.39 is 101 Å². The van der Waals surface area contributed by atoms with Crippen molar-refractivity contribution in [1.29, 1.82) is 5.26 Å². The first-order valence-corrected chi connectivity index (χ1v) is 26.2.